The van der Waals surface area contributed by atoms with Crippen molar-refractivity contribution in [3.05, 3.63) is 48.3 Å². The van der Waals surface area contributed by atoms with E-state index in [9.17, 15) is 4.39 Å². The minimum atomic E-state index is -0.135. The second-order valence-corrected chi connectivity index (χ2v) is 6.22. The van der Waals surface area contributed by atoms with E-state index in [4.69, 9.17) is 0 Å². The Bertz CT molecular complexity index is 396. The molecule has 1 aliphatic rings. The molecule has 1 aromatic rings. The summed E-state index contributed by atoms with van der Waals surface area (Å²) in [4.78, 5) is 0. The number of allylic oxidation sites excluding steroid dienone is 1. The predicted molar refractivity (Wildman–Crippen MR) is 79.6 cm³/mol. The number of halogens is 1. The van der Waals surface area contributed by atoms with E-state index in [2.05, 4.69) is 26.5 Å². The summed E-state index contributed by atoms with van der Waals surface area (Å²) in [5, 5.41) is 0. The molecule has 19 heavy (non-hydrogen) atoms. The normalized spacial score (nSPS) is 25.3. The van der Waals surface area contributed by atoms with Gasteiger partial charge in [0, 0.05) is 0 Å². The number of benzene rings is 1. The summed E-state index contributed by atoms with van der Waals surface area (Å²) in [7, 11) is 0. The van der Waals surface area contributed by atoms with Crippen molar-refractivity contribution in [2.24, 2.45) is 17.8 Å². The van der Waals surface area contributed by atoms with Crippen LogP contribution < -0.4 is 0 Å². The number of rotatable bonds is 4. The highest BCUT2D eigenvalue weighted by Gasteiger charge is 2.28. The molecule has 1 fully saturated rings. The van der Waals surface area contributed by atoms with Crippen molar-refractivity contribution in [1.29, 1.82) is 0 Å². The van der Waals surface area contributed by atoms with Gasteiger partial charge in [-0.05, 0) is 67.1 Å². The summed E-state index contributed by atoms with van der Waals surface area (Å²) in [6.45, 7) is 8.58. The van der Waals surface area contributed by atoms with Crippen LogP contribution in [0, 0.1) is 23.6 Å². The van der Waals surface area contributed by atoms with Crippen molar-refractivity contribution >= 4 is 0 Å². The number of hydrogen-bond donors (Lipinski definition) is 0. The van der Waals surface area contributed by atoms with Gasteiger partial charge in [-0.25, -0.2) is 4.39 Å². The van der Waals surface area contributed by atoms with Gasteiger partial charge in [-0.15, -0.1) is 6.58 Å². The zero-order valence-electron chi connectivity index (χ0n) is 12.1. The molecule has 1 unspecified atom stereocenters. The van der Waals surface area contributed by atoms with Gasteiger partial charge >= 0.3 is 0 Å². The predicted octanol–water partition coefficient (Wildman–Crippen LogP) is 5.56. The first-order valence-corrected chi connectivity index (χ1v) is 7.49. The van der Waals surface area contributed by atoms with Crippen LogP contribution in [-0.2, 0) is 0 Å². The Kier molecular flexibility index (Phi) is 4.79. The highest BCUT2D eigenvalue weighted by molar-refractivity contribution is 5.21. The Morgan fingerprint density at radius 2 is 1.68 bits per heavy atom. The van der Waals surface area contributed by atoms with E-state index < -0.39 is 0 Å². The highest BCUT2D eigenvalue weighted by atomic mass is 19.1. The first-order valence-electron chi connectivity index (χ1n) is 7.49. The van der Waals surface area contributed by atoms with Gasteiger partial charge in [0.25, 0.3) is 0 Å². The fourth-order valence-electron chi connectivity index (χ4n) is 3.58. The van der Waals surface area contributed by atoms with E-state index in [0.29, 0.717) is 17.8 Å². The fourth-order valence-corrected chi connectivity index (χ4v) is 3.58. The molecule has 2 rings (SSSR count). The molecule has 0 aromatic heterocycles. The standard InChI is InChI=1S/C18H25F/c1-4-18(13(2)3)16-7-5-14(6-8-16)15-9-11-17(19)12-10-15/h4,9-14,16,18H,1,5-8H2,2-3H3. The van der Waals surface area contributed by atoms with Crippen molar-refractivity contribution < 1.29 is 4.39 Å². The summed E-state index contributed by atoms with van der Waals surface area (Å²) in [6.07, 6.45) is 7.15. The molecule has 0 bridgehead atoms. The number of hydrogen-bond acceptors (Lipinski definition) is 0. The van der Waals surface area contributed by atoms with Crippen molar-refractivity contribution in [3.63, 3.8) is 0 Å². The maximum atomic E-state index is 12.9. The van der Waals surface area contributed by atoms with E-state index in [-0.39, 0.29) is 5.82 Å². The average molecular weight is 260 g/mol. The van der Waals surface area contributed by atoms with Crippen molar-refractivity contribution in [3.8, 4) is 0 Å². The zero-order valence-corrected chi connectivity index (χ0v) is 12.1. The smallest absolute Gasteiger partial charge is 0.123 e. The van der Waals surface area contributed by atoms with Crippen LogP contribution in [0.15, 0.2) is 36.9 Å². The Morgan fingerprint density at radius 3 is 2.16 bits per heavy atom. The van der Waals surface area contributed by atoms with Gasteiger partial charge in [-0.3, -0.25) is 0 Å². The third-order valence-electron chi connectivity index (χ3n) is 4.70. The lowest BCUT2D eigenvalue weighted by atomic mass is 9.71. The Hall–Kier alpha value is -1.11. The lowest BCUT2D eigenvalue weighted by molar-refractivity contribution is 0.224. The molecular formula is C18H25F. The zero-order chi connectivity index (χ0) is 13.8. The summed E-state index contributed by atoms with van der Waals surface area (Å²) in [5.41, 5.74) is 1.31. The molecule has 1 heteroatoms. The molecule has 0 heterocycles. The van der Waals surface area contributed by atoms with Crippen LogP contribution in [0.25, 0.3) is 0 Å². The van der Waals surface area contributed by atoms with Gasteiger partial charge in [-0.1, -0.05) is 32.1 Å². The molecule has 1 atom stereocenters. The summed E-state index contributed by atoms with van der Waals surface area (Å²) in [6, 6.07) is 7.08. The molecule has 1 aliphatic carbocycles. The lowest BCUT2D eigenvalue weighted by Crippen LogP contribution is -2.23. The second-order valence-electron chi connectivity index (χ2n) is 6.22. The van der Waals surface area contributed by atoms with E-state index in [0.717, 1.165) is 5.92 Å². The van der Waals surface area contributed by atoms with Crippen molar-refractivity contribution in [2.75, 3.05) is 0 Å². The quantitative estimate of drug-likeness (QED) is 0.622. The van der Waals surface area contributed by atoms with Gasteiger partial charge in [0.1, 0.15) is 5.82 Å². The van der Waals surface area contributed by atoms with E-state index >= 15 is 0 Å². The van der Waals surface area contributed by atoms with E-state index in [1.165, 1.54) is 31.2 Å². The second kappa shape index (κ2) is 6.36. The maximum Gasteiger partial charge on any atom is 0.123 e. The van der Waals surface area contributed by atoms with Gasteiger partial charge in [-0.2, -0.15) is 0 Å². The largest absolute Gasteiger partial charge is 0.207 e. The van der Waals surface area contributed by atoms with Crippen LogP contribution in [0.1, 0.15) is 51.0 Å². The summed E-state index contributed by atoms with van der Waals surface area (Å²) < 4.78 is 12.9. The molecule has 0 nitrogen and oxygen atoms in total. The molecule has 104 valence electrons. The van der Waals surface area contributed by atoms with Crippen LogP contribution >= 0.6 is 0 Å². The Morgan fingerprint density at radius 1 is 1.11 bits per heavy atom. The third kappa shape index (κ3) is 3.46. The minimum absolute atomic E-state index is 0.135. The molecule has 0 amide bonds. The van der Waals surface area contributed by atoms with Crippen LogP contribution in [0.4, 0.5) is 4.39 Å². The first kappa shape index (κ1) is 14.3. The monoisotopic (exact) mass is 260 g/mol. The Balaban J connectivity index is 1.95. The SMILES string of the molecule is C=CC(C(C)C)C1CCC(c2ccc(F)cc2)CC1. The van der Waals surface area contributed by atoms with Gasteiger partial charge in [0.05, 0.1) is 0 Å². The molecule has 0 radical (unpaired) electrons. The van der Waals surface area contributed by atoms with Crippen LogP contribution in [0.3, 0.4) is 0 Å². The van der Waals surface area contributed by atoms with Gasteiger partial charge in [0.15, 0.2) is 0 Å². The summed E-state index contributed by atoms with van der Waals surface area (Å²) in [5.74, 6) is 2.60. The van der Waals surface area contributed by atoms with E-state index in [1.54, 1.807) is 12.1 Å². The van der Waals surface area contributed by atoms with Crippen molar-refractivity contribution in [2.45, 2.75) is 45.4 Å². The molecule has 0 spiro atoms. The van der Waals surface area contributed by atoms with E-state index in [1.807, 2.05) is 12.1 Å². The average Bonchev–Trinajstić information content (AvgIpc) is 2.41. The third-order valence-corrected chi connectivity index (χ3v) is 4.70. The topological polar surface area (TPSA) is 0 Å². The fraction of sp³-hybridized carbons (Fsp3) is 0.556. The molecule has 1 aromatic carbocycles. The molecule has 1 saturated carbocycles. The molecule has 0 N–H and O–H groups in total. The Labute approximate surface area is 116 Å². The van der Waals surface area contributed by atoms with Crippen LogP contribution in [-0.4, -0.2) is 0 Å². The van der Waals surface area contributed by atoms with Gasteiger partial charge in [0.2, 0.25) is 0 Å². The van der Waals surface area contributed by atoms with Crippen molar-refractivity contribution in [1.82, 2.24) is 0 Å². The summed E-state index contributed by atoms with van der Waals surface area (Å²) >= 11 is 0. The molecular weight excluding hydrogens is 235 g/mol. The molecule has 0 saturated heterocycles. The van der Waals surface area contributed by atoms with Crippen LogP contribution in [0.5, 0.6) is 0 Å². The minimum Gasteiger partial charge on any atom is -0.207 e. The first-order chi connectivity index (χ1) is 9.11. The maximum absolute atomic E-state index is 12.9. The molecule has 0 aliphatic heterocycles. The highest BCUT2D eigenvalue weighted by Crippen LogP contribution is 2.40. The van der Waals surface area contributed by atoms with Crippen LogP contribution in [0.2, 0.25) is 0 Å². The van der Waals surface area contributed by atoms with Gasteiger partial charge < -0.3 is 0 Å². The lowest BCUT2D eigenvalue weighted by Gasteiger charge is -2.34.